The van der Waals surface area contributed by atoms with Gasteiger partial charge in [0.15, 0.2) is 11.5 Å². The summed E-state index contributed by atoms with van der Waals surface area (Å²) >= 11 is 0. The number of aryl methyl sites for hydroxylation is 1. The maximum absolute atomic E-state index is 5.58. The first-order valence-corrected chi connectivity index (χ1v) is 7.31. The Hall–Kier alpha value is -2.01. The van der Waals surface area contributed by atoms with E-state index in [2.05, 4.69) is 16.5 Å². The summed E-state index contributed by atoms with van der Waals surface area (Å²) in [5, 5.41) is 7.62. The summed E-state index contributed by atoms with van der Waals surface area (Å²) in [4.78, 5) is 0. The van der Waals surface area contributed by atoms with Crippen molar-refractivity contribution in [3.63, 3.8) is 0 Å². The molecule has 2 aromatic rings. The van der Waals surface area contributed by atoms with Gasteiger partial charge < -0.3 is 14.8 Å². The van der Waals surface area contributed by atoms with Crippen molar-refractivity contribution in [2.24, 2.45) is 0 Å². The molecule has 1 N–H and O–H groups in total. The number of hydrogen-bond donors (Lipinski definition) is 1. The Morgan fingerprint density at radius 2 is 2.19 bits per heavy atom. The molecule has 0 radical (unpaired) electrons. The molecular formula is C16H23N3O2. The number of nitrogens with zero attached hydrogens (tertiary/aromatic N) is 2. The zero-order chi connectivity index (χ0) is 14.9. The van der Waals surface area contributed by atoms with Gasteiger partial charge in [-0.2, -0.15) is 5.10 Å². The van der Waals surface area contributed by atoms with Crippen LogP contribution in [0.2, 0.25) is 0 Å². The topological polar surface area (TPSA) is 48.3 Å². The Morgan fingerprint density at radius 1 is 1.29 bits per heavy atom. The van der Waals surface area contributed by atoms with Gasteiger partial charge >= 0.3 is 0 Å². The Kier molecular flexibility index (Phi) is 6.09. The molecule has 114 valence electrons. The fraction of sp³-hybridized carbons (Fsp3) is 0.438. The van der Waals surface area contributed by atoms with E-state index in [-0.39, 0.29) is 0 Å². The van der Waals surface area contributed by atoms with Crippen LogP contribution in [0.25, 0.3) is 0 Å². The molecule has 5 nitrogen and oxygen atoms in total. The Bertz CT molecular complexity index is 526. The van der Waals surface area contributed by atoms with E-state index in [1.807, 2.05) is 36.0 Å². The van der Waals surface area contributed by atoms with E-state index in [4.69, 9.17) is 9.47 Å². The Labute approximate surface area is 125 Å². The summed E-state index contributed by atoms with van der Waals surface area (Å²) < 4.78 is 12.8. The van der Waals surface area contributed by atoms with E-state index in [0.29, 0.717) is 6.61 Å². The molecule has 0 amide bonds. The summed E-state index contributed by atoms with van der Waals surface area (Å²) in [6.45, 7) is 5.32. The highest BCUT2D eigenvalue weighted by Gasteiger charge is 2.05. The van der Waals surface area contributed by atoms with Crippen molar-refractivity contribution in [3.05, 3.63) is 42.2 Å². The molecular weight excluding hydrogens is 266 g/mol. The van der Waals surface area contributed by atoms with Crippen molar-refractivity contribution in [2.45, 2.75) is 26.4 Å². The highest BCUT2D eigenvalue weighted by molar-refractivity contribution is 5.42. The lowest BCUT2D eigenvalue weighted by Crippen LogP contribution is -2.16. The maximum Gasteiger partial charge on any atom is 0.161 e. The van der Waals surface area contributed by atoms with E-state index in [0.717, 1.165) is 37.6 Å². The monoisotopic (exact) mass is 289 g/mol. The summed E-state index contributed by atoms with van der Waals surface area (Å²) in [6.07, 6.45) is 4.84. The number of aromatic nitrogens is 2. The molecule has 0 fully saturated rings. The number of benzene rings is 1. The van der Waals surface area contributed by atoms with Gasteiger partial charge in [0.05, 0.1) is 13.7 Å². The summed E-state index contributed by atoms with van der Waals surface area (Å²) in [5.41, 5.74) is 1.19. The molecule has 0 unspecified atom stereocenters. The second kappa shape index (κ2) is 8.32. The van der Waals surface area contributed by atoms with Gasteiger partial charge in [0.25, 0.3) is 0 Å². The van der Waals surface area contributed by atoms with E-state index in [1.165, 1.54) is 5.56 Å². The van der Waals surface area contributed by atoms with E-state index < -0.39 is 0 Å². The maximum atomic E-state index is 5.58. The van der Waals surface area contributed by atoms with E-state index in [1.54, 1.807) is 13.3 Å². The molecule has 0 atom stereocenters. The van der Waals surface area contributed by atoms with Gasteiger partial charge in [0, 0.05) is 25.5 Å². The van der Waals surface area contributed by atoms with Crippen molar-refractivity contribution in [1.29, 1.82) is 0 Å². The third kappa shape index (κ3) is 4.79. The van der Waals surface area contributed by atoms with Crippen LogP contribution in [0.5, 0.6) is 11.5 Å². The van der Waals surface area contributed by atoms with Crippen molar-refractivity contribution in [3.8, 4) is 11.5 Å². The molecule has 5 heteroatoms. The lowest BCUT2D eigenvalue weighted by atomic mass is 10.2. The number of methoxy groups -OCH3 is 1. The molecule has 0 aliphatic heterocycles. The zero-order valence-electron chi connectivity index (χ0n) is 12.7. The van der Waals surface area contributed by atoms with E-state index >= 15 is 0 Å². The fourth-order valence-corrected chi connectivity index (χ4v) is 2.13. The second-order valence-electron chi connectivity index (χ2n) is 4.72. The molecule has 0 spiro atoms. The SMILES string of the molecule is CCOc1cc(CNCCCn2cccn2)ccc1OC. The molecule has 21 heavy (non-hydrogen) atoms. The highest BCUT2D eigenvalue weighted by atomic mass is 16.5. The second-order valence-corrected chi connectivity index (χ2v) is 4.72. The van der Waals surface area contributed by atoms with Gasteiger partial charge in [0.1, 0.15) is 0 Å². The van der Waals surface area contributed by atoms with Crippen LogP contribution in [0.15, 0.2) is 36.7 Å². The van der Waals surface area contributed by atoms with Gasteiger partial charge in [-0.05, 0) is 43.7 Å². The average molecular weight is 289 g/mol. The van der Waals surface area contributed by atoms with Crippen LogP contribution in [0.4, 0.5) is 0 Å². The number of hydrogen-bond acceptors (Lipinski definition) is 4. The first-order valence-electron chi connectivity index (χ1n) is 7.31. The minimum absolute atomic E-state index is 0.636. The quantitative estimate of drug-likeness (QED) is 0.720. The summed E-state index contributed by atoms with van der Waals surface area (Å²) in [5.74, 6) is 1.58. The first-order chi connectivity index (χ1) is 10.3. The fourth-order valence-electron chi connectivity index (χ4n) is 2.13. The lowest BCUT2D eigenvalue weighted by Gasteiger charge is -2.11. The minimum atomic E-state index is 0.636. The molecule has 0 aliphatic rings. The van der Waals surface area contributed by atoms with Crippen molar-refractivity contribution < 1.29 is 9.47 Å². The highest BCUT2D eigenvalue weighted by Crippen LogP contribution is 2.27. The lowest BCUT2D eigenvalue weighted by molar-refractivity contribution is 0.310. The minimum Gasteiger partial charge on any atom is -0.493 e. The van der Waals surface area contributed by atoms with Crippen LogP contribution in [-0.4, -0.2) is 30.0 Å². The van der Waals surface area contributed by atoms with Crippen LogP contribution in [0.3, 0.4) is 0 Å². The standard InChI is InChI=1S/C16H23N3O2/c1-3-21-16-12-14(6-7-15(16)20-2)13-17-8-4-10-19-11-5-9-18-19/h5-7,9,11-12,17H,3-4,8,10,13H2,1-2H3. The van der Waals surface area contributed by atoms with Crippen LogP contribution in [-0.2, 0) is 13.1 Å². The van der Waals surface area contributed by atoms with Crippen molar-refractivity contribution >= 4 is 0 Å². The van der Waals surface area contributed by atoms with Gasteiger partial charge in [-0.1, -0.05) is 6.07 Å². The van der Waals surface area contributed by atoms with Gasteiger partial charge in [-0.3, -0.25) is 4.68 Å². The molecule has 0 saturated carbocycles. The van der Waals surface area contributed by atoms with E-state index in [9.17, 15) is 0 Å². The predicted molar refractivity (Wildman–Crippen MR) is 82.7 cm³/mol. The molecule has 1 aromatic heterocycles. The molecule has 2 rings (SSSR count). The smallest absolute Gasteiger partial charge is 0.161 e. The normalized spacial score (nSPS) is 10.6. The van der Waals surface area contributed by atoms with Crippen LogP contribution >= 0.6 is 0 Å². The van der Waals surface area contributed by atoms with Crippen molar-refractivity contribution in [2.75, 3.05) is 20.3 Å². The Balaban J connectivity index is 1.76. The molecule has 0 aliphatic carbocycles. The summed E-state index contributed by atoms with van der Waals surface area (Å²) in [7, 11) is 1.66. The first kappa shape index (κ1) is 15.4. The third-order valence-corrected chi connectivity index (χ3v) is 3.16. The Morgan fingerprint density at radius 3 is 2.90 bits per heavy atom. The number of rotatable bonds is 9. The predicted octanol–water partition coefficient (Wildman–Crippen LogP) is 2.47. The number of nitrogens with one attached hydrogen (secondary N) is 1. The van der Waals surface area contributed by atoms with Crippen LogP contribution in [0.1, 0.15) is 18.9 Å². The van der Waals surface area contributed by atoms with Gasteiger partial charge in [-0.25, -0.2) is 0 Å². The zero-order valence-corrected chi connectivity index (χ0v) is 12.7. The molecule has 1 heterocycles. The van der Waals surface area contributed by atoms with Gasteiger partial charge in [0.2, 0.25) is 0 Å². The number of ether oxygens (including phenoxy) is 2. The van der Waals surface area contributed by atoms with Gasteiger partial charge in [-0.15, -0.1) is 0 Å². The molecule has 0 saturated heterocycles. The molecule has 0 bridgehead atoms. The molecule has 1 aromatic carbocycles. The largest absolute Gasteiger partial charge is 0.493 e. The van der Waals surface area contributed by atoms with Crippen LogP contribution in [0, 0.1) is 0 Å². The van der Waals surface area contributed by atoms with Crippen LogP contribution < -0.4 is 14.8 Å². The summed E-state index contributed by atoms with van der Waals surface area (Å²) in [6, 6.07) is 7.98. The average Bonchev–Trinajstić information content (AvgIpc) is 3.01. The third-order valence-electron chi connectivity index (χ3n) is 3.16. The van der Waals surface area contributed by atoms with Crippen molar-refractivity contribution in [1.82, 2.24) is 15.1 Å².